The van der Waals surface area contributed by atoms with E-state index in [0.717, 1.165) is 23.8 Å². The molecule has 0 aliphatic heterocycles. The molecule has 2 aromatic carbocycles. The first-order valence-electron chi connectivity index (χ1n) is 10.4. The fraction of sp³-hybridized carbons (Fsp3) is 0.160. The summed E-state index contributed by atoms with van der Waals surface area (Å²) >= 11 is 5.77. The lowest BCUT2D eigenvalue weighted by Gasteiger charge is -2.13. The van der Waals surface area contributed by atoms with Gasteiger partial charge in [0.15, 0.2) is 10.9 Å². The van der Waals surface area contributed by atoms with Crippen LogP contribution in [-0.4, -0.2) is 21.9 Å². The van der Waals surface area contributed by atoms with Gasteiger partial charge in [0.05, 0.1) is 11.3 Å². The average molecular weight is 504 g/mol. The number of halogens is 4. The average Bonchev–Trinajstić information content (AvgIpc) is 2.80. The van der Waals surface area contributed by atoms with Gasteiger partial charge in [-0.25, -0.2) is 4.98 Å². The summed E-state index contributed by atoms with van der Waals surface area (Å²) in [6.07, 6.45) is -2.07. The van der Waals surface area contributed by atoms with Gasteiger partial charge in [0.1, 0.15) is 5.57 Å². The first-order valence-corrected chi connectivity index (χ1v) is 10.8. The van der Waals surface area contributed by atoms with Crippen molar-refractivity contribution in [3.05, 3.63) is 88.2 Å². The van der Waals surface area contributed by atoms with E-state index in [1.807, 2.05) is 26.0 Å². The fourth-order valence-corrected chi connectivity index (χ4v) is 3.23. The lowest BCUT2D eigenvalue weighted by Crippen LogP contribution is -2.25. The van der Waals surface area contributed by atoms with E-state index >= 15 is 0 Å². The third-order valence-corrected chi connectivity index (χ3v) is 5.26. The molecule has 3 aromatic rings. The molecule has 0 saturated carbocycles. The molecule has 0 aliphatic rings. The summed E-state index contributed by atoms with van der Waals surface area (Å²) in [6, 6.07) is 12.4. The molecule has 0 spiro atoms. The number of nitrogens with zero attached hydrogens (tertiary/aromatic N) is 1. The summed E-state index contributed by atoms with van der Waals surface area (Å²) in [5.74, 6) is -2.10. The molecule has 6 nitrogen and oxygen atoms in total. The maximum absolute atomic E-state index is 13.1. The Balaban J connectivity index is 1.96. The molecule has 2 amide bonds. The van der Waals surface area contributed by atoms with Gasteiger partial charge >= 0.3 is 6.18 Å². The number of pyridine rings is 1. The van der Waals surface area contributed by atoms with Gasteiger partial charge in [-0.05, 0) is 47.4 Å². The zero-order valence-electron chi connectivity index (χ0n) is 18.7. The number of aromatic hydroxyl groups is 1. The van der Waals surface area contributed by atoms with Crippen LogP contribution in [0.2, 0.25) is 5.15 Å². The number of benzene rings is 2. The first-order chi connectivity index (χ1) is 16.5. The van der Waals surface area contributed by atoms with Gasteiger partial charge in [-0.1, -0.05) is 55.8 Å². The van der Waals surface area contributed by atoms with Crippen LogP contribution in [0.4, 0.5) is 24.5 Å². The van der Waals surface area contributed by atoms with Crippen molar-refractivity contribution >= 4 is 40.9 Å². The number of carbonyl (C=O) groups excluding carboxylic acids is 2. The number of hydrogen-bond donors (Lipinski definition) is 3. The normalized spacial score (nSPS) is 11.9. The monoisotopic (exact) mass is 503 g/mol. The summed E-state index contributed by atoms with van der Waals surface area (Å²) in [6.45, 7) is 4.02. The summed E-state index contributed by atoms with van der Waals surface area (Å²) in [5.41, 5.74) is -0.0528. The Labute approximate surface area is 204 Å². The van der Waals surface area contributed by atoms with Crippen molar-refractivity contribution in [1.29, 1.82) is 0 Å². The Kier molecular flexibility index (Phi) is 7.81. The van der Waals surface area contributed by atoms with Crippen LogP contribution in [0.25, 0.3) is 6.08 Å². The molecule has 1 aromatic heterocycles. The predicted octanol–water partition coefficient (Wildman–Crippen LogP) is 6.24. The van der Waals surface area contributed by atoms with E-state index in [1.54, 1.807) is 12.1 Å². The molecular weight excluding hydrogens is 483 g/mol. The Hall–Kier alpha value is -3.85. The Bertz CT molecular complexity index is 1270. The van der Waals surface area contributed by atoms with Crippen LogP contribution in [0.15, 0.2) is 66.4 Å². The summed E-state index contributed by atoms with van der Waals surface area (Å²) in [5, 5.41) is 14.5. The second-order valence-electron chi connectivity index (χ2n) is 7.86. The van der Waals surface area contributed by atoms with Crippen molar-refractivity contribution in [2.24, 2.45) is 0 Å². The van der Waals surface area contributed by atoms with Crippen LogP contribution in [0.1, 0.15) is 36.5 Å². The molecule has 3 rings (SSSR count). The van der Waals surface area contributed by atoms with Crippen LogP contribution in [0.3, 0.4) is 0 Å². The van der Waals surface area contributed by atoms with Gasteiger partial charge in [-0.15, -0.1) is 0 Å². The van der Waals surface area contributed by atoms with Crippen LogP contribution in [0.5, 0.6) is 5.75 Å². The van der Waals surface area contributed by atoms with E-state index in [2.05, 4.69) is 15.6 Å². The van der Waals surface area contributed by atoms with E-state index in [-0.39, 0.29) is 22.4 Å². The van der Waals surface area contributed by atoms with Crippen molar-refractivity contribution in [2.45, 2.75) is 25.9 Å². The number of carbonyl (C=O) groups is 2. The van der Waals surface area contributed by atoms with Crippen LogP contribution in [0, 0.1) is 0 Å². The topological polar surface area (TPSA) is 91.3 Å². The smallest absolute Gasteiger partial charge is 0.416 e. The minimum absolute atomic E-state index is 0.0945. The van der Waals surface area contributed by atoms with E-state index < -0.39 is 34.9 Å². The van der Waals surface area contributed by atoms with E-state index in [9.17, 15) is 27.9 Å². The molecule has 0 atom stereocenters. The molecule has 0 radical (unpaired) electrons. The van der Waals surface area contributed by atoms with Crippen LogP contribution >= 0.6 is 11.6 Å². The van der Waals surface area contributed by atoms with Crippen molar-refractivity contribution in [1.82, 2.24) is 4.98 Å². The second-order valence-corrected chi connectivity index (χ2v) is 8.22. The number of anilines is 2. The maximum atomic E-state index is 13.1. The van der Waals surface area contributed by atoms with E-state index in [1.165, 1.54) is 24.4 Å². The number of hydrogen-bond acceptors (Lipinski definition) is 4. The highest BCUT2D eigenvalue weighted by Crippen LogP contribution is 2.31. The first kappa shape index (κ1) is 25.8. The van der Waals surface area contributed by atoms with Gasteiger partial charge in [-0.2, -0.15) is 13.2 Å². The molecule has 182 valence electrons. The number of amides is 2. The molecular formula is C25H21ClF3N3O3. The quantitative estimate of drug-likeness (QED) is 0.161. The van der Waals surface area contributed by atoms with Gasteiger partial charge in [0, 0.05) is 11.9 Å². The summed E-state index contributed by atoms with van der Waals surface area (Å²) in [4.78, 5) is 29.7. The lowest BCUT2D eigenvalue weighted by atomic mass is 10.0. The number of rotatable bonds is 6. The molecule has 0 aliphatic carbocycles. The summed E-state index contributed by atoms with van der Waals surface area (Å²) < 4.78 is 39.2. The highest BCUT2D eigenvalue weighted by Gasteiger charge is 2.30. The van der Waals surface area contributed by atoms with Crippen molar-refractivity contribution in [2.75, 3.05) is 10.6 Å². The predicted molar refractivity (Wildman–Crippen MR) is 128 cm³/mol. The zero-order chi connectivity index (χ0) is 25.8. The molecule has 10 heteroatoms. The standard InChI is InChI=1S/C25H21ClF3N3O3/c1-14(2)16-8-6-15(7-9-16)12-19(24(35)32-20-10-11-30-22(26)21(20)33)23(34)31-18-5-3-4-17(13-18)25(27,28)29/h3-14,33H,1-2H3,(H,31,34)(H,30,32,35). The highest BCUT2D eigenvalue weighted by atomic mass is 35.5. The Morgan fingerprint density at radius 1 is 1.03 bits per heavy atom. The molecule has 35 heavy (non-hydrogen) atoms. The van der Waals surface area contributed by atoms with Gasteiger partial charge in [0.2, 0.25) is 0 Å². The molecule has 0 unspecified atom stereocenters. The maximum Gasteiger partial charge on any atom is 0.416 e. The molecule has 0 bridgehead atoms. The molecule has 1 heterocycles. The highest BCUT2D eigenvalue weighted by molar-refractivity contribution is 6.32. The van der Waals surface area contributed by atoms with Gasteiger partial charge in [0.25, 0.3) is 11.8 Å². The SMILES string of the molecule is CC(C)c1ccc(C=C(C(=O)Nc2cccc(C(F)(F)F)c2)C(=O)Nc2ccnc(Cl)c2O)cc1. The minimum Gasteiger partial charge on any atom is -0.503 e. The van der Waals surface area contributed by atoms with Gasteiger partial charge in [-0.3, -0.25) is 9.59 Å². The number of alkyl halides is 3. The van der Waals surface area contributed by atoms with Crippen LogP contribution < -0.4 is 10.6 Å². The van der Waals surface area contributed by atoms with Gasteiger partial charge < -0.3 is 15.7 Å². The van der Waals surface area contributed by atoms with E-state index in [0.29, 0.717) is 5.56 Å². The number of aromatic nitrogens is 1. The molecule has 3 N–H and O–H groups in total. The van der Waals surface area contributed by atoms with E-state index in [4.69, 9.17) is 11.6 Å². The minimum atomic E-state index is -4.60. The molecule has 0 fully saturated rings. The van der Waals surface area contributed by atoms with Crippen molar-refractivity contribution in [3.63, 3.8) is 0 Å². The van der Waals surface area contributed by atoms with Crippen LogP contribution in [-0.2, 0) is 15.8 Å². The lowest BCUT2D eigenvalue weighted by molar-refractivity contribution is -0.137. The largest absolute Gasteiger partial charge is 0.503 e. The Morgan fingerprint density at radius 3 is 2.31 bits per heavy atom. The Morgan fingerprint density at radius 2 is 1.69 bits per heavy atom. The number of nitrogens with one attached hydrogen (secondary N) is 2. The fourth-order valence-electron chi connectivity index (χ4n) is 3.07. The zero-order valence-corrected chi connectivity index (χ0v) is 19.4. The summed E-state index contributed by atoms with van der Waals surface area (Å²) in [7, 11) is 0. The second kappa shape index (κ2) is 10.6. The third kappa shape index (κ3) is 6.60. The van der Waals surface area contributed by atoms with Crippen molar-refractivity contribution in [3.8, 4) is 5.75 Å². The van der Waals surface area contributed by atoms with Crippen molar-refractivity contribution < 1.29 is 27.9 Å². The molecule has 0 saturated heterocycles. The third-order valence-electron chi connectivity index (χ3n) is 4.98.